The predicted octanol–water partition coefficient (Wildman–Crippen LogP) is 1.96. The SMILES string of the molecule is Cc1nc(C)c(S(=O)(=O)NC(=O)[C@H]2C[C@@H]2c2ccco2)s1. The number of hydrogen-bond donors (Lipinski definition) is 1. The number of carbonyl (C=O) groups is 1. The van der Waals surface area contributed by atoms with Crippen molar-refractivity contribution < 1.29 is 17.6 Å². The minimum absolute atomic E-state index is 0.0282. The van der Waals surface area contributed by atoms with Crippen molar-refractivity contribution >= 4 is 27.3 Å². The highest BCUT2D eigenvalue weighted by atomic mass is 32.2. The van der Waals surface area contributed by atoms with E-state index in [0.29, 0.717) is 17.1 Å². The van der Waals surface area contributed by atoms with E-state index in [4.69, 9.17) is 4.42 Å². The van der Waals surface area contributed by atoms with Crippen LogP contribution in [-0.2, 0) is 14.8 Å². The van der Waals surface area contributed by atoms with Crippen molar-refractivity contribution in [2.24, 2.45) is 5.92 Å². The Kier molecular flexibility index (Phi) is 3.37. The Balaban J connectivity index is 1.72. The van der Waals surface area contributed by atoms with Crippen molar-refractivity contribution in [2.45, 2.75) is 30.4 Å². The summed E-state index contributed by atoms with van der Waals surface area (Å²) in [5, 5.41) is 0.653. The number of hydrogen-bond acceptors (Lipinski definition) is 6. The quantitative estimate of drug-likeness (QED) is 0.927. The van der Waals surface area contributed by atoms with Crippen molar-refractivity contribution in [3.63, 3.8) is 0 Å². The van der Waals surface area contributed by atoms with Crippen molar-refractivity contribution in [3.8, 4) is 0 Å². The Hall–Kier alpha value is -1.67. The zero-order valence-corrected chi connectivity index (χ0v) is 13.1. The molecule has 21 heavy (non-hydrogen) atoms. The number of rotatable bonds is 4. The van der Waals surface area contributed by atoms with Gasteiger partial charge in [0.2, 0.25) is 5.91 Å². The molecular weight excluding hydrogens is 312 g/mol. The van der Waals surface area contributed by atoms with Crippen LogP contribution in [0.2, 0.25) is 0 Å². The second-order valence-corrected chi connectivity index (χ2v) is 8.12. The fourth-order valence-corrected chi connectivity index (χ4v) is 4.83. The maximum atomic E-state index is 12.2. The highest BCUT2D eigenvalue weighted by molar-refractivity contribution is 7.92. The molecule has 0 aromatic carbocycles. The first-order chi connectivity index (χ1) is 9.88. The average molecular weight is 326 g/mol. The highest BCUT2D eigenvalue weighted by Gasteiger charge is 2.47. The van der Waals surface area contributed by atoms with Crippen LogP contribution in [0.4, 0.5) is 0 Å². The molecule has 1 amide bonds. The Morgan fingerprint density at radius 2 is 2.24 bits per heavy atom. The van der Waals surface area contributed by atoms with Crippen molar-refractivity contribution in [1.82, 2.24) is 9.71 Å². The molecule has 1 aliphatic carbocycles. The van der Waals surface area contributed by atoms with Gasteiger partial charge in [-0.1, -0.05) is 0 Å². The lowest BCUT2D eigenvalue weighted by Crippen LogP contribution is -2.32. The number of nitrogens with one attached hydrogen (secondary N) is 1. The molecule has 112 valence electrons. The van der Waals surface area contributed by atoms with Gasteiger partial charge in [0.1, 0.15) is 5.76 Å². The molecule has 0 spiro atoms. The van der Waals surface area contributed by atoms with Gasteiger partial charge in [0.15, 0.2) is 4.21 Å². The Morgan fingerprint density at radius 1 is 1.48 bits per heavy atom. The Labute approximate surface area is 126 Å². The van der Waals surface area contributed by atoms with E-state index in [1.807, 2.05) is 0 Å². The van der Waals surface area contributed by atoms with Crippen LogP contribution in [0.25, 0.3) is 0 Å². The zero-order valence-electron chi connectivity index (χ0n) is 11.5. The van der Waals surface area contributed by atoms with Crippen molar-refractivity contribution in [3.05, 3.63) is 34.9 Å². The molecule has 1 fully saturated rings. The third kappa shape index (κ3) is 2.73. The van der Waals surface area contributed by atoms with Crippen LogP contribution in [0.15, 0.2) is 27.0 Å². The van der Waals surface area contributed by atoms with Gasteiger partial charge in [0.05, 0.1) is 17.0 Å². The van der Waals surface area contributed by atoms with Crippen molar-refractivity contribution in [2.75, 3.05) is 0 Å². The fourth-order valence-electron chi connectivity index (χ4n) is 2.32. The Bertz CT molecular complexity index is 777. The maximum absolute atomic E-state index is 12.2. The van der Waals surface area contributed by atoms with E-state index in [2.05, 4.69) is 9.71 Å². The lowest BCUT2D eigenvalue weighted by molar-refractivity contribution is -0.120. The van der Waals surface area contributed by atoms with Crippen LogP contribution in [0.1, 0.15) is 28.8 Å². The van der Waals surface area contributed by atoms with Crippen LogP contribution in [0, 0.1) is 19.8 Å². The van der Waals surface area contributed by atoms with E-state index in [1.54, 1.807) is 32.2 Å². The summed E-state index contributed by atoms with van der Waals surface area (Å²) in [7, 11) is -3.84. The summed E-state index contributed by atoms with van der Waals surface area (Å²) in [5.41, 5.74) is 0.413. The maximum Gasteiger partial charge on any atom is 0.275 e. The number of aromatic nitrogens is 1. The molecule has 0 bridgehead atoms. The van der Waals surface area contributed by atoms with Gasteiger partial charge in [-0.2, -0.15) is 0 Å². The normalized spacial score (nSPS) is 21.2. The van der Waals surface area contributed by atoms with Gasteiger partial charge in [-0.05, 0) is 32.4 Å². The molecule has 8 heteroatoms. The second kappa shape index (κ2) is 4.96. The van der Waals surface area contributed by atoms with Crippen LogP contribution in [0.5, 0.6) is 0 Å². The third-order valence-electron chi connectivity index (χ3n) is 3.38. The standard InChI is InChI=1S/C13H14N2O4S2/c1-7-13(20-8(2)14-7)21(17,18)15-12(16)10-6-9(10)11-4-3-5-19-11/h3-5,9-10H,6H2,1-2H3,(H,15,16)/t9-,10-/m0/s1. The third-order valence-corrected chi connectivity index (χ3v) is 6.41. The molecule has 2 atom stereocenters. The summed E-state index contributed by atoms with van der Waals surface area (Å²) in [6.07, 6.45) is 2.15. The lowest BCUT2D eigenvalue weighted by Gasteiger charge is -2.04. The number of aryl methyl sites for hydroxylation is 2. The van der Waals surface area contributed by atoms with Gasteiger partial charge < -0.3 is 4.42 Å². The largest absolute Gasteiger partial charge is 0.469 e. The molecule has 0 radical (unpaired) electrons. The number of amides is 1. The second-order valence-electron chi connectivity index (χ2n) is 5.04. The van der Waals surface area contributed by atoms with E-state index < -0.39 is 15.9 Å². The van der Waals surface area contributed by atoms with Gasteiger partial charge in [-0.15, -0.1) is 11.3 Å². The van der Waals surface area contributed by atoms with Gasteiger partial charge in [-0.25, -0.2) is 18.1 Å². The molecule has 6 nitrogen and oxygen atoms in total. The van der Waals surface area contributed by atoms with Crippen molar-refractivity contribution in [1.29, 1.82) is 0 Å². The number of sulfonamides is 1. The summed E-state index contributed by atoms with van der Waals surface area (Å²) in [5.74, 6) is -0.140. The summed E-state index contributed by atoms with van der Waals surface area (Å²) < 4.78 is 31.9. The summed E-state index contributed by atoms with van der Waals surface area (Å²) >= 11 is 1.06. The number of carbonyl (C=O) groups excluding carboxylic acids is 1. The topological polar surface area (TPSA) is 89.3 Å². The van der Waals surface area contributed by atoms with Gasteiger partial charge in [0, 0.05) is 11.8 Å². The van der Waals surface area contributed by atoms with Crippen LogP contribution in [-0.4, -0.2) is 19.3 Å². The fraction of sp³-hybridized carbons (Fsp3) is 0.385. The smallest absolute Gasteiger partial charge is 0.275 e. The summed E-state index contributed by atoms with van der Waals surface area (Å²) in [6.45, 7) is 3.34. The van der Waals surface area contributed by atoms with E-state index in [9.17, 15) is 13.2 Å². The van der Waals surface area contributed by atoms with Crippen LogP contribution >= 0.6 is 11.3 Å². The van der Waals surface area contributed by atoms with Gasteiger partial charge in [0.25, 0.3) is 10.0 Å². The molecule has 0 unspecified atom stereocenters. The number of thiazole rings is 1. The molecule has 3 rings (SSSR count). The zero-order chi connectivity index (χ0) is 15.2. The number of nitrogens with zero attached hydrogens (tertiary/aromatic N) is 1. The molecule has 1 aliphatic rings. The highest BCUT2D eigenvalue weighted by Crippen LogP contribution is 2.47. The molecule has 0 saturated heterocycles. The van der Waals surface area contributed by atoms with E-state index in [0.717, 1.165) is 17.1 Å². The first-order valence-corrected chi connectivity index (χ1v) is 8.72. The molecule has 1 saturated carbocycles. The summed E-state index contributed by atoms with van der Waals surface area (Å²) in [4.78, 5) is 16.1. The van der Waals surface area contributed by atoms with E-state index >= 15 is 0 Å². The van der Waals surface area contributed by atoms with E-state index in [-0.39, 0.29) is 16.0 Å². The molecule has 2 aromatic rings. The molecular formula is C13H14N2O4S2. The van der Waals surface area contributed by atoms with Crippen LogP contribution in [0.3, 0.4) is 0 Å². The summed E-state index contributed by atoms with van der Waals surface area (Å²) in [6, 6.07) is 3.55. The molecule has 2 aromatic heterocycles. The predicted molar refractivity (Wildman–Crippen MR) is 76.5 cm³/mol. The Morgan fingerprint density at radius 3 is 2.81 bits per heavy atom. The molecule has 2 heterocycles. The minimum Gasteiger partial charge on any atom is -0.469 e. The van der Waals surface area contributed by atoms with E-state index in [1.165, 1.54) is 0 Å². The molecule has 0 aliphatic heterocycles. The first kappa shape index (κ1) is 14.3. The first-order valence-electron chi connectivity index (χ1n) is 6.42. The lowest BCUT2D eigenvalue weighted by atomic mass is 10.2. The van der Waals surface area contributed by atoms with Gasteiger partial charge >= 0.3 is 0 Å². The average Bonchev–Trinajstić information content (AvgIpc) is 2.84. The monoisotopic (exact) mass is 326 g/mol. The number of furan rings is 1. The minimum atomic E-state index is -3.84. The van der Waals surface area contributed by atoms with Gasteiger partial charge in [-0.3, -0.25) is 4.79 Å². The molecule has 1 N–H and O–H groups in total. The van der Waals surface area contributed by atoms with Crippen LogP contribution < -0.4 is 4.72 Å².